The fourth-order valence-corrected chi connectivity index (χ4v) is 2.57. The number of nitrogens with one attached hydrogen (secondary N) is 1. The van der Waals surface area contributed by atoms with E-state index in [1.807, 2.05) is 74.5 Å². The summed E-state index contributed by atoms with van der Waals surface area (Å²) in [5, 5.41) is 8.70. The van der Waals surface area contributed by atoms with E-state index in [0.717, 1.165) is 33.9 Å². The Balaban J connectivity index is 1.71. The molecule has 0 atom stereocenters. The molecule has 0 spiro atoms. The number of oxazole rings is 1. The minimum Gasteiger partial charge on any atom is -0.487 e. The third-order valence-corrected chi connectivity index (χ3v) is 4.08. The molecule has 134 valence electrons. The van der Waals surface area contributed by atoms with Crippen molar-refractivity contribution in [3.05, 3.63) is 77.7 Å². The van der Waals surface area contributed by atoms with E-state index >= 15 is 0 Å². The summed E-state index contributed by atoms with van der Waals surface area (Å²) in [6, 6.07) is 17.6. The van der Waals surface area contributed by atoms with Crippen LogP contribution in [0.3, 0.4) is 0 Å². The average Bonchev–Trinajstić information content (AvgIpc) is 3.06. The Hall–Kier alpha value is -2.89. The van der Waals surface area contributed by atoms with Gasteiger partial charge in [-0.1, -0.05) is 36.4 Å². The molecule has 0 saturated carbocycles. The molecule has 26 heavy (non-hydrogen) atoms. The Morgan fingerprint density at radius 1 is 1.19 bits per heavy atom. The second-order valence-corrected chi connectivity index (χ2v) is 5.95. The maximum Gasteiger partial charge on any atom is 0.226 e. The standard InChI is InChI=1S/C21H22N2O3/c1-15(11-12-22-24)18-9-6-10-19(13-18)25-14-20-16(2)26-21(23-20)17-7-4-3-5-8-17/h3-11,13,22,24H,12,14H2,1-2H3/b15-11-. The second kappa shape index (κ2) is 8.47. The van der Waals surface area contributed by atoms with Gasteiger partial charge in [-0.2, -0.15) is 0 Å². The van der Waals surface area contributed by atoms with Crippen molar-refractivity contribution in [1.82, 2.24) is 10.5 Å². The van der Waals surface area contributed by atoms with Crippen molar-refractivity contribution in [1.29, 1.82) is 0 Å². The largest absolute Gasteiger partial charge is 0.487 e. The van der Waals surface area contributed by atoms with E-state index in [1.54, 1.807) is 0 Å². The first kappa shape index (κ1) is 17.9. The molecule has 0 aliphatic rings. The van der Waals surface area contributed by atoms with E-state index in [9.17, 15) is 0 Å². The number of aromatic nitrogens is 1. The van der Waals surface area contributed by atoms with Crippen molar-refractivity contribution in [2.75, 3.05) is 6.54 Å². The molecule has 5 nitrogen and oxygen atoms in total. The summed E-state index contributed by atoms with van der Waals surface area (Å²) >= 11 is 0. The van der Waals surface area contributed by atoms with Crippen LogP contribution >= 0.6 is 0 Å². The zero-order valence-electron chi connectivity index (χ0n) is 14.9. The lowest BCUT2D eigenvalue weighted by Crippen LogP contribution is -2.05. The topological polar surface area (TPSA) is 67.5 Å². The molecule has 2 N–H and O–H groups in total. The number of nitrogens with zero attached hydrogens (tertiary/aromatic N) is 1. The maximum atomic E-state index is 8.70. The van der Waals surface area contributed by atoms with Gasteiger partial charge in [0.1, 0.15) is 23.8 Å². The fraction of sp³-hybridized carbons (Fsp3) is 0.190. The van der Waals surface area contributed by atoms with Crippen LogP contribution in [-0.4, -0.2) is 16.7 Å². The summed E-state index contributed by atoms with van der Waals surface area (Å²) in [6.45, 7) is 4.62. The van der Waals surface area contributed by atoms with Gasteiger partial charge in [0.15, 0.2) is 0 Å². The number of hydrogen-bond donors (Lipinski definition) is 2. The van der Waals surface area contributed by atoms with Crippen molar-refractivity contribution in [2.45, 2.75) is 20.5 Å². The molecule has 5 heteroatoms. The van der Waals surface area contributed by atoms with E-state index in [4.69, 9.17) is 14.4 Å². The quantitative estimate of drug-likeness (QED) is 0.609. The van der Waals surface area contributed by atoms with Crippen LogP contribution in [0.5, 0.6) is 5.75 Å². The highest BCUT2D eigenvalue weighted by Gasteiger charge is 2.12. The molecule has 2 aromatic carbocycles. The average molecular weight is 350 g/mol. The minimum absolute atomic E-state index is 0.340. The minimum atomic E-state index is 0.340. The van der Waals surface area contributed by atoms with Gasteiger partial charge in [-0.05, 0) is 49.2 Å². The Labute approximate surface area is 152 Å². The highest BCUT2D eigenvalue weighted by molar-refractivity contribution is 5.65. The molecule has 3 aromatic rings. The van der Waals surface area contributed by atoms with Crippen LogP contribution in [0.15, 0.2) is 65.1 Å². The summed E-state index contributed by atoms with van der Waals surface area (Å²) < 4.78 is 11.7. The molecule has 0 bridgehead atoms. The summed E-state index contributed by atoms with van der Waals surface area (Å²) in [4.78, 5) is 4.55. The number of allylic oxidation sites excluding steroid dienone is 1. The van der Waals surface area contributed by atoms with Gasteiger partial charge < -0.3 is 14.4 Å². The molecular weight excluding hydrogens is 328 g/mol. The van der Waals surface area contributed by atoms with E-state index < -0.39 is 0 Å². The molecule has 0 radical (unpaired) electrons. The van der Waals surface area contributed by atoms with Crippen molar-refractivity contribution < 1.29 is 14.4 Å². The molecule has 0 fully saturated rings. The number of rotatable bonds is 7. The van der Waals surface area contributed by atoms with Gasteiger partial charge in [0.25, 0.3) is 0 Å². The Kier molecular flexibility index (Phi) is 5.84. The lowest BCUT2D eigenvalue weighted by molar-refractivity contribution is 0.180. The number of ether oxygens (including phenoxy) is 1. The first-order valence-electron chi connectivity index (χ1n) is 8.46. The molecule has 3 rings (SSSR count). The van der Waals surface area contributed by atoms with Crippen LogP contribution < -0.4 is 10.2 Å². The summed E-state index contributed by atoms with van der Waals surface area (Å²) in [5.74, 6) is 2.12. The number of benzene rings is 2. The lowest BCUT2D eigenvalue weighted by Gasteiger charge is -2.07. The zero-order chi connectivity index (χ0) is 18.4. The van der Waals surface area contributed by atoms with Crippen LogP contribution in [0, 0.1) is 6.92 Å². The molecule has 0 aliphatic heterocycles. The van der Waals surface area contributed by atoms with Gasteiger partial charge in [0.05, 0.1) is 0 Å². The molecule has 0 amide bonds. The molecule has 1 aromatic heterocycles. The van der Waals surface area contributed by atoms with E-state index in [2.05, 4.69) is 10.5 Å². The monoisotopic (exact) mass is 350 g/mol. The summed E-state index contributed by atoms with van der Waals surface area (Å²) in [7, 11) is 0. The highest BCUT2D eigenvalue weighted by Crippen LogP contribution is 2.24. The third kappa shape index (κ3) is 4.39. The number of aryl methyl sites for hydroxylation is 1. The van der Waals surface area contributed by atoms with Crippen molar-refractivity contribution in [2.24, 2.45) is 0 Å². The van der Waals surface area contributed by atoms with Crippen LogP contribution in [0.4, 0.5) is 0 Å². The predicted molar refractivity (Wildman–Crippen MR) is 101 cm³/mol. The Bertz CT molecular complexity index is 885. The molecule has 0 saturated heterocycles. The van der Waals surface area contributed by atoms with Crippen LogP contribution in [0.2, 0.25) is 0 Å². The smallest absolute Gasteiger partial charge is 0.226 e. The van der Waals surface area contributed by atoms with Crippen LogP contribution in [0.25, 0.3) is 17.0 Å². The zero-order valence-corrected chi connectivity index (χ0v) is 14.9. The molecule has 1 heterocycles. The van der Waals surface area contributed by atoms with Gasteiger partial charge in [0, 0.05) is 12.1 Å². The normalized spacial score (nSPS) is 11.6. The van der Waals surface area contributed by atoms with Crippen LogP contribution in [0.1, 0.15) is 23.9 Å². The van der Waals surface area contributed by atoms with Crippen molar-refractivity contribution in [3.63, 3.8) is 0 Å². The number of hydrogen-bond acceptors (Lipinski definition) is 5. The van der Waals surface area contributed by atoms with E-state index in [1.165, 1.54) is 0 Å². The van der Waals surface area contributed by atoms with Crippen molar-refractivity contribution in [3.8, 4) is 17.2 Å². The van der Waals surface area contributed by atoms with E-state index in [-0.39, 0.29) is 0 Å². The first-order chi connectivity index (χ1) is 12.7. The van der Waals surface area contributed by atoms with E-state index in [0.29, 0.717) is 19.0 Å². The SMILES string of the molecule is C/C(=C/CNO)c1cccc(OCc2nc(-c3ccccc3)oc2C)c1. The molecule has 0 aliphatic carbocycles. The van der Waals surface area contributed by atoms with Gasteiger partial charge in [-0.25, -0.2) is 10.5 Å². The molecular formula is C21H22N2O3. The van der Waals surface area contributed by atoms with Gasteiger partial charge >= 0.3 is 0 Å². The van der Waals surface area contributed by atoms with Gasteiger partial charge in [-0.3, -0.25) is 0 Å². The van der Waals surface area contributed by atoms with Crippen LogP contribution in [-0.2, 0) is 6.61 Å². The number of hydroxylamine groups is 1. The highest BCUT2D eigenvalue weighted by atomic mass is 16.5. The third-order valence-electron chi connectivity index (χ3n) is 4.08. The summed E-state index contributed by atoms with van der Waals surface area (Å²) in [5.41, 5.74) is 5.95. The Morgan fingerprint density at radius 2 is 2.00 bits per heavy atom. The maximum absolute atomic E-state index is 8.70. The molecule has 0 unspecified atom stereocenters. The first-order valence-corrected chi connectivity index (χ1v) is 8.46. The fourth-order valence-electron chi connectivity index (χ4n) is 2.57. The van der Waals surface area contributed by atoms with Crippen molar-refractivity contribution >= 4 is 5.57 Å². The second-order valence-electron chi connectivity index (χ2n) is 5.95. The predicted octanol–water partition coefficient (Wildman–Crippen LogP) is 4.61. The Morgan fingerprint density at radius 3 is 2.77 bits per heavy atom. The lowest BCUT2D eigenvalue weighted by atomic mass is 10.1. The van der Waals surface area contributed by atoms with Gasteiger partial charge in [0.2, 0.25) is 5.89 Å². The summed E-state index contributed by atoms with van der Waals surface area (Å²) in [6.07, 6.45) is 1.91. The van der Waals surface area contributed by atoms with Gasteiger partial charge in [-0.15, -0.1) is 0 Å².